The topological polar surface area (TPSA) is 36.9 Å². The maximum Gasteiger partial charge on any atom is 0.161 e. The Morgan fingerprint density at radius 2 is 1.95 bits per heavy atom. The Balaban J connectivity index is 1.32. The number of rotatable bonds is 6. The van der Waals surface area contributed by atoms with Crippen molar-refractivity contribution in [3.8, 4) is 5.75 Å². The van der Waals surface area contributed by atoms with Gasteiger partial charge in [-0.3, -0.25) is 0 Å². The summed E-state index contributed by atoms with van der Waals surface area (Å²) >= 11 is 0. The minimum absolute atomic E-state index is 0.917. The quantitative estimate of drug-likeness (QED) is 0.817. The number of piperazine rings is 1. The number of unbranched alkanes of at least 4 members (excludes halogenated alkanes) is 2. The lowest BCUT2D eigenvalue weighted by Gasteiger charge is -2.27. The van der Waals surface area contributed by atoms with Gasteiger partial charge in [0.2, 0.25) is 0 Å². The predicted octanol–water partition coefficient (Wildman–Crippen LogP) is 2.44. The van der Waals surface area contributed by atoms with Crippen LogP contribution in [0.25, 0.3) is 0 Å². The van der Waals surface area contributed by atoms with E-state index in [0.29, 0.717) is 0 Å². The zero-order chi connectivity index (χ0) is 14.3. The minimum Gasteiger partial charge on any atom is -0.357 e. The summed E-state index contributed by atoms with van der Waals surface area (Å²) in [5, 5.41) is 7.65. The van der Waals surface area contributed by atoms with Gasteiger partial charge >= 0.3 is 0 Å². The van der Waals surface area contributed by atoms with Crippen LogP contribution in [-0.2, 0) is 6.42 Å². The van der Waals surface area contributed by atoms with Gasteiger partial charge in [-0.15, -0.1) is 0 Å². The van der Waals surface area contributed by atoms with Crippen LogP contribution in [-0.4, -0.2) is 43.3 Å². The lowest BCUT2D eigenvalue weighted by atomic mass is 10.0. The molecule has 0 radical (unpaired) electrons. The Hall–Kier alpha value is -1.39. The number of fused-ring (bicyclic) bond motifs is 1. The molecule has 0 saturated carbocycles. The first-order valence-electron chi connectivity index (χ1n) is 8.15. The van der Waals surface area contributed by atoms with Crippen molar-refractivity contribution in [3.05, 3.63) is 29.8 Å². The molecule has 1 saturated heterocycles. The van der Waals surface area contributed by atoms with Crippen LogP contribution in [0.2, 0.25) is 0 Å². The van der Waals surface area contributed by atoms with Gasteiger partial charge in [-0.1, -0.05) is 29.8 Å². The molecule has 114 valence electrons. The van der Waals surface area contributed by atoms with Gasteiger partial charge in [0.15, 0.2) is 5.75 Å². The molecule has 3 rings (SSSR count). The summed E-state index contributed by atoms with van der Waals surface area (Å²) in [5.74, 6) is 0.917. The molecule has 21 heavy (non-hydrogen) atoms. The fourth-order valence-corrected chi connectivity index (χ4v) is 3.01. The van der Waals surface area contributed by atoms with Crippen molar-refractivity contribution in [2.24, 2.45) is 5.16 Å². The van der Waals surface area contributed by atoms with Crippen molar-refractivity contribution in [2.45, 2.75) is 32.1 Å². The first-order valence-corrected chi connectivity index (χ1v) is 8.15. The number of hydrogen-bond donors (Lipinski definition) is 1. The molecular weight excluding hydrogens is 262 g/mol. The van der Waals surface area contributed by atoms with Crippen molar-refractivity contribution in [1.82, 2.24) is 10.2 Å². The number of para-hydroxylation sites is 1. The SMILES string of the molecule is c1ccc2c(c1)CC(CCCCCN1CCNCC1)=NO2. The predicted molar refractivity (Wildman–Crippen MR) is 86.0 cm³/mol. The molecule has 4 nitrogen and oxygen atoms in total. The van der Waals surface area contributed by atoms with E-state index < -0.39 is 0 Å². The number of nitrogens with zero attached hydrogens (tertiary/aromatic N) is 2. The molecule has 0 unspecified atom stereocenters. The molecule has 2 heterocycles. The lowest BCUT2D eigenvalue weighted by molar-refractivity contribution is 0.236. The molecule has 2 aliphatic heterocycles. The molecule has 0 aliphatic carbocycles. The second-order valence-corrected chi connectivity index (χ2v) is 5.94. The zero-order valence-electron chi connectivity index (χ0n) is 12.7. The van der Waals surface area contributed by atoms with Crippen LogP contribution in [0.3, 0.4) is 0 Å². The third-order valence-electron chi connectivity index (χ3n) is 4.29. The van der Waals surface area contributed by atoms with E-state index in [1.54, 1.807) is 0 Å². The van der Waals surface area contributed by atoms with Crippen molar-refractivity contribution in [1.29, 1.82) is 0 Å². The highest BCUT2D eigenvalue weighted by Gasteiger charge is 2.13. The fourth-order valence-electron chi connectivity index (χ4n) is 3.01. The fraction of sp³-hybridized carbons (Fsp3) is 0.588. The van der Waals surface area contributed by atoms with Crippen molar-refractivity contribution < 1.29 is 4.84 Å². The lowest BCUT2D eigenvalue weighted by Crippen LogP contribution is -2.43. The summed E-state index contributed by atoms with van der Waals surface area (Å²) < 4.78 is 0. The molecule has 1 aromatic rings. The van der Waals surface area contributed by atoms with Gasteiger partial charge in [0.25, 0.3) is 0 Å². The average molecular weight is 287 g/mol. The minimum atomic E-state index is 0.917. The normalized spacial score (nSPS) is 18.8. The van der Waals surface area contributed by atoms with E-state index in [-0.39, 0.29) is 0 Å². The number of benzene rings is 1. The summed E-state index contributed by atoms with van der Waals surface area (Å²) in [5.41, 5.74) is 2.46. The first-order chi connectivity index (χ1) is 10.4. The van der Waals surface area contributed by atoms with E-state index in [0.717, 1.165) is 31.7 Å². The highest BCUT2D eigenvalue weighted by molar-refractivity contribution is 5.87. The van der Waals surface area contributed by atoms with Crippen LogP contribution >= 0.6 is 0 Å². The van der Waals surface area contributed by atoms with Gasteiger partial charge in [-0.25, -0.2) is 0 Å². The maximum absolute atomic E-state index is 5.46. The van der Waals surface area contributed by atoms with Crippen LogP contribution in [0.1, 0.15) is 31.2 Å². The standard InChI is InChI=1S/C17H25N3O/c1(5-11-20-12-9-18-10-13-20)2-7-16-14-15-6-3-4-8-17(15)21-19-16/h3-4,6,8,18H,1-2,5,7,9-14H2. The van der Waals surface area contributed by atoms with Crippen molar-refractivity contribution >= 4 is 5.71 Å². The Labute approximate surface area is 127 Å². The van der Waals surface area contributed by atoms with Crippen LogP contribution in [0, 0.1) is 0 Å². The Bertz CT molecular complexity index is 481. The highest BCUT2D eigenvalue weighted by Crippen LogP contribution is 2.24. The zero-order valence-corrected chi connectivity index (χ0v) is 12.7. The summed E-state index contributed by atoms with van der Waals surface area (Å²) in [6.45, 7) is 5.95. The number of oxime groups is 1. The van der Waals surface area contributed by atoms with Gasteiger partial charge in [-0.05, 0) is 31.9 Å². The van der Waals surface area contributed by atoms with Gasteiger partial charge in [0.05, 0.1) is 5.71 Å². The van der Waals surface area contributed by atoms with Crippen LogP contribution in [0.15, 0.2) is 29.4 Å². The van der Waals surface area contributed by atoms with E-state index in [2.05, 4.69) is 27.5 Å². The molecule has 1 aromatic carbocycles. The first kappa shape index (κ1) is 14.5. The average Bonchev–Trinajstić information content (AvgIpc) is 2.55. The van der Waals surface area contributed by atoms with Gasteiger partial charge in [-0.2, -0.15) is 0 Å². The molecule has 4 heteroatoms. The summed E-state index contributed by atoms with van der Waals surface area (Å²) in [7, 11) is 0. The van der Waals surface area contributed by atoms with Crippen molar-refractivity contribution in [2.75, 3.05) is 32.7 Å². The summed E-state index contributed by atoms with van der Waals surface area (Å²) in [4.78, 5) is 8.02. The van der Waals surface area contributed by atoms with Gasteiger partial charge in [0.1, 0.15) is 0 Å². The van der Waals surface area contributed by atoms with Gasteiger partial charge < -0.3 is 15.1 Å². The largest absolute Gasteiger partial charge is 0.357 e. The summed E-state index contributed by atoms with van der Waals surface area (Å²) in [6.07, 6.45) is 5.82. The Morgan fingerprint density at radius 3 is 2.86 bits per heavy atom. The Morgan fingerprint density at radius 1 is 1.10 bits per heavy atom. The second-order valence-electron chi connectivity index (χ2n) is 5.94. The smallest absolute Gasteiger partial charge is 0.161 e. The van der Waals surface area contributed by atoms with Crippen LogP contribution in [0.5, 0.6) is 5.75 Å². The third-order valence-corrected chi connectivity index (χ3v) is 4.29. The molecular formula is C17H25N3O. The second kappa shape index (κ2) is 7.57. The van der Waals surface area contributed by atoms with E-state index in [1.807, 2.05) is 12.1 Å². The van der Waals surface area contributed by atoms with Crippen molar-refractivity contribution in [3.63, 3.8) is 0 Å². The van der Waals surface area contributed by atoms with Gasteiger partial charge in [0, 0.05) is 38.2 Å². The molecule has 2 aliphatic rings. The van der Waals surface area contributed by atoms with E-state index in [1.165, 1.54) is 50.2 Å². The summed E-state index contributed by atoms with van der Waals surface area (Å²) in [6, 6.07) is 8.19. The monoisotopic (exact) mass is 287 g/mol. The van der Waals surface area contributed by atoms with E-state index in [9.17, 15) is 0 Å². The molecule has 1 N–H and O–H groups in total. The number of hydrogen-bond acceptors (Lipinski definition) is 4. The molecule has 0 aromatic heterocycles. The highest BCUT2D eigenvalue weighted by atomic mass is 16.6. The molecule has 0 bridgehead atoms. The van der Waals surface area contributed by atoms with E-state index >= 15 is 0 Å². The Kier molecular flexibility index (Phi) is 5.24. The maximum atomic E-state index is 5.46. The molecule has 0 spiro atoms. The van der Waals surface area contributed by atoms with E-state index in [4.69, 9.17) is 4.84 Å². The third kappa shape index (κ3) is 4.29. The number of nitrogens with one attached hydrogen (secondary N) is 1. The van der Waals surface area contributed by atoms with Crippen LogP contribution in [0.4, 0.5) is 0 Å². The van der Waals surface area contributed by atoms with Crippen LogP contribution < -0.4 is 10.2 Å². The molecule has 0 atom stereocenters. The molecule has 1 fully saturated rings. The molecule has 0 amide bonds.